The van der Waals surface area contributed by atoms with Crippen LogP contribution in [0.1, 0.15) is 24.0 Å². The zero-order chi connectivity index (χ0) is 24.8. The first kappa shape index (κ1) is 26.1. The lowest BCUT2D eigenvalue weighted by Gasteiger charge is -2.54. The number of nitrogens with two attached hydrogens (primary N) is 1. The first-order chi connectivity index (χ1) is 15.2. The van der Waals surface area contributed by atoms with Gasteiger partial charge in [-0.25, -0.2) is 0 Å². The molecule has 0 aliphatic heterocycles. The highest BCUT2D eigenvalue weighted by Gasteiger charge is 2.70. The number of likely N-dealkylation sites (N-methyl/N-ethyl adjacent to an activating group) is 1. The number of aliphatic hydroxyl groups excluding tert-OH is 3. The minimum Gasteiger partial charge on any atom is -1.00 e. The number of rotatable bonds is 2. The molecule has 0 saturated heterocycles. The van der Waals surface area contributed by atoms with Crippen molar-refractivity contribution in [3.63, 3.8) is 0 Å². The van der Waals surface area contributed by atoms with Crippen molar-refractivity contribution >= 4 is 23.2 Å². The summed E-state index contributed by atoms with van der Waals surface area (Å²) in [5, 5.41) is 55.3. The van der Waals surface area contributed by atoms with E-state index in [4.69, 9.17) is 5.73 Å². The first-order valence-electron chi connectivity index (χ1n) is 10.5. The summed E-state index contributed by atoms with van der Waals surface area (Å²) < 4.78 is -0.191. The van der Waals surface area contributed by atoms with Crippen molar-refractivity contribution in [3.05, 3.63) is 46.2 Å². The zero-order valence-electron chi connectivity index (χ0n) is 19.0. The predicted molar refractivity (Wildman–Crippen MR) is 115 cm³/mol. The molecule has 4 rings (SSSR count). The Labute approximate surface area is 212 Å². The second-order valence-corrected chi connectivity index (χ2v) is 9.94. The van der Waals surface area contributed by atoms with Crippen LogP contribution in [0.2, 0.25) is 0 Å². The number of benzene rings is 1. The van der Waals surface area contributed by atoms with Crippen LogP contribution >= 0.6 is 0 Å². The van der Waals surface area contributed by atoms with E-state index in [0.717, 1.165) is 0 Å². The molecule has 184 valence electrons. The molecule has 1 saturated carbocycles. The number of halogens is 1. The van der Waals surface area contributed by atoms with Gasteiger partial charge in [-0.15, -0.1) is 0 Å². The number of carbonyl (C=O) groups excluding carboxylic acids is 3. The highest BCUT2D eigenvalue weighted by molar-refractivity contribution is 6.24. The van der Waals surface area contributed by atoms with Gasteiger partial charge in [0.15, 0.2) is 11.6 Å². The van der Waals surface area contributed by atoms with Gasteiger partial charge in [0.25, 0.3) is 5.91 Å². The van der Waals surface area contributed by atoms with Gasteiger partial charge in [0.2, 0.25) is 11.6 Å². The van der Waals surface area contributed by atoms with E-state index in [9.17, 15) is 39.9 Å². The number of hydrogen-bond donors (Lipinski definition) is 6. The third kappa shape index (κ3) is 3.13. The second kappa shape index (κ2) is 8.04. The quantitative estimate of drug-likeness (QED) is 0.118. The van der Waals surface area contributed by atoms with Crippen molar-refractivity contribution in [2.45, 2.75) is 30.6 Å². The standard InChI is InChI=1S/C23H26N2O8.HI/c1-8-9-6-5-7-10(26)12(9)17(27)13-11(8)18(28)15-16(25(2,3)4)19(29)14(22(24)32)21(31)23(15,33)20(13)30;/h5-8,11,15-16,18,28,33H,1-4H3,(H4-,24,26,27,29,30,31,32);1H/t8-,11?,15?,16-,18?,23-;/m0./s1. The number of carbonyl (C=O) groups is 3. The van der Waals surface area contributed by atoms with Crippen LogP contribution in [-0.4, -0.2) is 86.4 Å². The minimum atomic E-state index is -2.89. The number of phenolic OH excluding ortho intramolecular Hbond substituents is 1. The molecule has 0 spiro atoms. The Hall–Kier alpha value is -2.48. The van der Waals surface area contributed by atoms with Gasteiger partial charge in [-0.3, -0.25) is 14.4 Å². The summed E-state index contributed by atoms with van der Waals surface area (Å²) in [6, 6.07) is 3.20. The predicted octanol–water partition coefficient (Wildman–Crippen LogP) is -3.36. The van der Waals surface area contributed by atoms with Crippen molar-refractivity contribution < 1.29 is 68.4 Å². The topological polar surface area (TPSA) is 178 Å². The van der Waals surface area contributed by atoms with Crippen LogP contribution in [0.5, 0.6) is 5.75 Å². The molecular formula is C23H27IN2O8. The van der Waals surface area contributed by atoms with Crippen LogP contribution in [0.15, 0.2) is 35.1 Å². The molecule has 3 aliphatic carbocycles. The van der Waals surface area contributed by atoms with Crippen LogP contribution in [0.4, 0.5) is 0 Å². The monoisotopic (exact) mass is 586 g/mol. The Kier molecular flexibility index (Phi) is 6.18. The van der Waals surface area contributed by atoms with Crippen molar-refractivity contribution in [1.29, 1.82) is 0 Å². The molecule has 1 aromatic carbocycles. The molecule has 3 aliphatic rings. The van der Waals surface area contributed by atoms with Crippen LogP contribution in [0, 0.1) is 11.8 Å². The van der Waals surface area contributed by atoms with Crippen LogP contribution < -0.4 is 29.7 Å². The smallest absolute Gasteiger partial charge is 0.256 e. The third-order valence-electron chi connectivity index (χ3n) is 7.27. The van der Waals surface area contributed by atoms with E-state index in [2.05, 4.69) is 0 Å². The van der Waals surface area contributed by atoms with E-state index < -0.39 is 75.6 Å². The molecule has 1 fully saturated rings. The zero-order valence-corrected chi connectivity index (χ0v) is 21.1. The average Bonchev–Trinajstić information content (AvgIpc) is 2.69. The Balaban J connectivity index is 0.00000324. The number of primary amides is 1. The van der Waals surface area contributed by atoms with Gasteiger partial charge in [0.1, 0.15) is 22.8 Å². The van der Waals surface area contributed by atoms with Gasteiger partial charge in [0, 0.05) is 11.5 Å². The summed E-state index contributed by atoms with van der Waals surface area (Å²) >= 11 is 0. The average molecular weight is 586 g/mol. The van der Waals surface area contributed by atoms with Crippen molar-refractivity contribution in [1.82, 2.24) is 0 Å². The summed E-state index contributed by atoms with van der Waals surface area (Å²) in [7, 11) is 4.75. The van der Waals surface area contributed by atoms with Crippen molar-refractivity contribution in [3.8, 4) is 5.75 Å². The summed E-state index contributed by atoms with van der Waals surface area (Å²) in [5.74, 6) is -8.78. The lowest BCUT2D eigenvalue weighted by atomic mass is 9.54. The Morgan fingerprint density at radius 1 is 1.12 bits per heavy atom. The van der Waals surface area contributed by atoms with Gasteiger partial charge in [-0.1, -0.05) is 19.1 Å². The Morgan fingerprint density at radius 2 is 1.71 bits per heavy atom. The molecule has 0 aromatic heterocycles. The summed E-state index contributed by atoms with van der Waals surface area (Å²) in [6.07, 6.45) is -1.58. The number of nitrogens with zero attached hydrogens (tertiary/aromatic N) is 1. The lowest BCUT2D eigenvalue weighted by molar-refractivity contribution is -0.891. The van der Waals surface area contributed by atoms with Crippen molar-refractivity contribution in [2.24, 2.45) is 17.6 Å². The van der Waals surface area contributed by atoms with Crippen LogP contribution in [0.3, 0.4) is 0 Å². The Bertz CT molecular complexity index is 1180. The van der Waals surface area contributed by atoms with E-state index in [1.54, 1.807) is 40.2 Å². The van der Waals surface area contributed by atoms with Gasteiger partial charge >= 0.3 is 0 Å². The number of hydrogen-bond acceptors (Lipinski definition) is 8. The number of Topliss-reactive ketones (excluding diaryl/α,β-unsaturated/α-hetero) is 2. The number of ketones is 2. The molecule has 7 N–H and O–H groups in total. The number of amides is 1. The van der Waals surface area contributed by atoms with Crippen LogP contribution in [-0.2, 0) is 14.4 Å². The number of aromatic hydroxyl groups is 1. The number of aliphatic hydroxyl groups is 4. The fourth-order valence-corrected chi connectivity index (χ4v) is 5.85. The molecule has 1 amide bonds. The normalized spacial score (nSPS) is 33.1. The highest BCUT2D eigenvalue weighted by atomic mass is 127. The molecule has 6 atom stereocenters. The maximum atomic E-state index is 13.8. The largest absolute Gasteiger partial charge is 1.00 e. The number of quaternary nitrogens is 1. The van der Waals surface area contributed by atoms with E-state index in [0.29, 0.717) is 5.56 Å². The molecule has 10 nitrogen and oxygen atoms in total. The van der Waals surface area contributed by atoms with E-state index in [1.165, 1.54) is 6.07 Å². The maximum absolute atomic E-state index is 13.8. The Morgan fingerprint density at radius 3 is 2.24 bits per heavy atom. The minimum absolute atomic E-state index is 0. The summed E-state index contributed by atoms with van der Waals surface area (Å²) in [5.41, 5.74) is 1.56. The lowest BCUT2D eigenvalue weighted by Crippen LogP contribution is -3.00. The SMILES string of the molecule is C[C@H]1c2cccc(O)c2C(O)=C2C(=O)[C@]3(O)C(O)=C(C(N)=O)C(=O)[C@@H]([N+](C)(C)C)C3C(O)C21.[I-]. The molecule has 3 unspecified atom stereocenters. The second-order valence-electron chi connectivity index (χ2n) is 9.94. The van der Waals surface area contributed by atoms with E-state index in [1.807, 2.05) is 0 Å². The van der Waals surface area contributed by atoms with Crippen molar-refractivity contribution in [2.75, 3.05) is 21.1 Å². The number of phenols is 1. The highest BCUT2D eigenvalue weighted by Crippen LogP contribution is 2.56. The molecular weight excluding hydrogens is 559 g/mol. The fourth-order valence-electron chi connectivity index (χ4n) is 5.85. The van der Waals surface area contributed by atoms with Crippen LogP contribution in [0.25, 0.3) is 5.76 Å². The molecule has 34 heavy (non-hydrogen) atoms. The van der Waals surface area contributed by atoms with Gasteiger partial charge in [-0.05, 0) is 17.5 Å². The molecule has 0 bridgehead atoms. The number of fused-ring (bicyclic) bond motifs is 3. The van der Waals surface area contributed by atoms with Gasteiger partial charge < -0.3 is 59.7 Å². The van der Waals surface area contributed by atoms with E-state index in [-0.39, 0.29) is 39.8 Å². The summed E-state index contributed by atoms with van der Waals surface area (Å²) in [4.78, 5) is 39.1. The van der Waals surface area contributed by atoms with Gasteiger partial charge in [0.05, 0.1) is 38.7 Å². The molecule has 1 aromatic rings. The molecule has 0 radical (unpaired) electrons. The van der Waals surface area contributed by atoms with Gasteiger partial charge in [-0.2, -0.15) is 0 Å². The molecule has 11 heteroatoms. The molecule has 0 heterocycles. The maximum Gasteiger partial charge on any atom is 0.256 e. The fraction of sp³-hybridized carbons (Fsp3) is 0.435. The first-order valence-corrected chi connectivity index (χ1v) is 10.5. The third-order valence-corrected chi connectivity index (χ3v) is 7.27. The summed E-state index contributed by atoms with van der Waals surface area (Å²) in [6.45, 7) is 1.69. The van der Waals surface area contributed by atoms with E-state index >= 15 is 0 Å².